The highest BCUT2D eigenvalue weighted by Crippen LogP contribution is 2.59. The summed E-state index contributed by atoms with van der Waals surface area (Å²) in [5.74, 6) is 0. The van der Waals surface area contributed by atoms with Gasteiger partial charge in [0.25, 0.3) is 0 Å². The summed E-state index contributed by atoms with van der Waals surface area (Å²) in [6.45, 7) is 4.77. The van der Waals surface area contributed by atoms with E-state index < -0.39 is 5.41 Å². The summed E-state index contributed by atoms with van der Waals surface area (Å²) in [5, 5.41) is 5.05. The van der Waals surface area contributed by atoms with Crippen LogP contribution in [0.3, 0.4) is 0 Å². The lowest BCUT2D eigenvalue weighted by Crippen LogP contribution is -2.28. The van der Waals surface area contributed by atoms with Gasteiger partial charge in [-0.15, -0.1) is 11.3 Å². The number of nitrogens with zero attached hydrogens (tertiary/aromatic N) is 1. The summed E-state index contributed by atoms with van der Waals surface area (Å²) in [5.41, 5.74) is 18.2. The van der Waals surface area contributed by atoms with Crippen LogP contribution < -0.4 is 4.90 Å². The Morgan fingerprint density at radius 2 is 0.953 bits per heavy atom. The minimum atomic E-state index is -0.535. The van der Waals surface area contributed by atoms with Crippen LogP contribution in [0.2, 0.25) is 0 Å². The SMILES string of the molecule is CC1(C)c2ccccc2-c2ccc(N(c3ccc4c(c3)C(c3ccccc3)(c3ccccc3)c3ccccc3-4)c3ccc4sc5ccccc5c4c3-c3ccc4ccccc4c3)cc21. The summed E-state index contributed by atoms with van der Waals surface area (Å²) in [4.78, 5) is 2.57. The normalized spacial score (nSPS) is 14.0. The molecule has 10 aromatic carbocycles. The maximum atomic E-state index is 2.57. The van der Waals surface area contributed by atoms with Crippen LogP contribution in [-0.2, 0) is 10.8 Å². The number of rotatable bonds is 6. The third-order valence-electron chi connectivity index (χ3n) is 14.3. The quantitative estimate of drug-likeness (QED) is 0.161. The van der Waals surface area contributed by atoms with Crippen molar-refractivity contribution >= 4 is 59.3 Å². The van der Waals surface area contributed by atoms with Gasteiger partial charge in [0.05, 0.1) is 11.1 Å². The van der Waals surface area contributed by atoms with Crippen LogP contribution in [0.25, 0.3) is 64.3 Å². The maximum Gasteiger partial charge on any atom is 0.0714 e. The number of hydrogen-bond donors (Lipinski definition) is 0. The predicted molar refractivity (Wildman–Crippen MR) is 272 cm³/mol. The average Bonchev–Trinajstić information content (AvgIpc) is 3.95. The molecule has 2 aliphatic carbocycles. The van der Waals surface area contributed by atoms with Crippen LogP contribution in [-0.4, -0.2) is 0 Å². The van der Waals surface area contributed by atoms with Gasteiger partial charge in [0, 0.05) is 42.5 Å². The molecule has 11 aromatic rings. The van der Waals surface area contributed by atoms with E-state index in [1.807, 2.05) is 11.3 Å². The highest BCUT2D eigenvalue weighted by molar-refractivity contribution is 7.26. The zero-order valence-electron chi connectivity index (χ0n) is 35.7. The second kappa shape index (κ2) is 14.0. The molecule has 0 saturated heterocycles. The van der Waals surface area contributed by atoms with Crippen molar-refractivity contribution in [3.8, 4) is 33.4 Å². The van der Waals surface area contributed by atoms with Crippen molar-refractivity contribution in [3.05, 3.63) is 258 Å². The fourth-order valence-electron chi connectivity index (χ4n) is 11.5. The molecule has 0 fully saturated rings. The molecule has 1 aromatic heterocycles. The van der Waals surface area contributed by atoms with Crippen molar-refractivity contribution in [2.45, 2.75) is 24.7 Å². The van der Waals surface area contributed by atoms with Crippen molar-refractivity contribution < 1.29 is 0 Å². The van der Waals surface area contributed by atoms with Crippen molar-refractivity contribution in [2.24, 2.45) is 0 Å². The van der Waals surface area contributed by atoms with E-state index >= 15 is 0 Å². The Balaban J connectivity index is 1.14. The molecule has 0 aliphatic heterocycles. The molecule has 0 radical (unpaired) electrons. The second-order valence-corrected chi connectivity index (χ2v) is 19.1. The van der Waals surface area contributed by atoms with Gasteiger partial charge in [0.1, 0.15) is 0 Å². The molecule has 0 amide bonds. The minimum absolute atomic E-state index is 0.169. The molecule has 0 saturated carbocycles. The van der Waals surface area contributed by atoms with E-state index in [0.717, 1.165) is 17.1 Å². The Kier molecular flexibility index (Phi) is 8.11. The molecule has 13 rings (SSSR count). The fourth-order valence-corrected chi connectivity index (χ4v) is 12.6. The molecule has 1 nitrogen and oxygen atoms in total. The zero-order valence-corrected chi connectivity index (χ0v) is 36.5. The van der Waals surface area contributed by atoms with Crippen LogP contribution in [0.4, 0.5) is 17.1 Å². The van der Waals surface area contributed by atoms with Gasteiger partial charge in [0.15, 0.2) is 0 Å². The lowest BCUT2D eigenvalue weighted by molar-refractivity contribution is 0.660. The lowest BCUT2D eigenvalue weighted by Gasteiger charge is -2.35. The van der Waals surface area contributed by atoms with Gasteiger partial charge in [-0.1, -0.05) is 190 Å². The first-order valence-corrected chi connectivity index (χ1v) is 23.2. The zero-order chi connectivity index (χ0) is 42.6. The molecule has 302 valence electrons. The van der Waals surface area contributed by atoms with Crippen LogP contribution in [0.15, 0.2) is 224 Å². The number of anilines is 3. The Morgan fingerprint density at radius 1 is 0.391 bits per heavy atom. The van der Waals surface area contributed by atoms with Gasteiger partial charge in [0.2, 0.25) is 0 Å². The summed E-state index contributed by atoms with van der Waals surface area (Å²) in [7, 11) is 0. The van der Waals surface area contributed by atoms with Crippen molar-refractivity contribution in [2.75, 3.05) is 4.90 Å². The van der Waals surface area contributed by atoms with E-state index in [4.69, 9.17) is 0 Å². The number of hydrogen-bond acceptors (Lipinski definition) is 2. The largest absolute Gasteiger partial charge is 0.310 e. The van der Waals surface area contributed by atoms with Gasteiger partial charge in [-0.3, -0.25) is 0 Å². The van der Waals surface area contributed by atoms with E-state index in [-0.39, 0.29) is 5.41 Å². The average molecular weight is 834 g/mol. The van der Waals surface area contributed by atoms with E-state index in [0.29, 0.717) is 0 Å². The third-order valence-corrected chi connectivity index (χ3v) is 15.5. The highest BCUT2D eigenvalue weighted by Gasteiger charge is 2.46. The summed E-state index contributed by atoms with van der Waals surface area (Å²) >= 11 is 1.88. The monoisotopic (exact) mass is 833 g/mol. The molecular formula is C62H43NS. The third kappa shape index (κ3) is 5.24. The standard InChI is InChI=1S/C62H43NS/c1-61(2)52-26-14-11-23-47(52)49-33-31-45(38-54(49)61)63(56-35-36-58-60(51-25-13-16-28-57(51)64-58)59(56)42-30-29-40-17-9-10-18-41(40)37-42)46-32-34-50-48-24-12-15-27-53(48)62(55(50)39-46,43-19-5-3-6-20-43)44-21-7-4-8-22-44/h3-39H,1-2H3. The topological polar surface area (TPSA) is 3.24 Å². The van der Waals surface area contributed by atoms with E-state index in [9.17, 15) is 0 Å². The summed E-state index contributed by atoms with van der Waals surface area (Å²) in [6.07, 6.45) is 0. The van der Waals surface area contributed by atoms with Gasteiger partial charge >= 0.3 is 0 Å². The molecule has 64 heavy (non-hydrogen) atoms. The van der Waals surface area contributed by atoms with Crippen LogP contribution in [0.1, 0.15) is 47.2 Å². The molecule has 0 atom stereocenters. The van der Waals surface area contributed by atoms with Crippen LogP contribution in [0, 0.1) is 0 Å². The number of thiophene rings is 1. The Labute approximate surface area is 378 Å². The lowest BCUT2D eigenvalue weighted by atomic mass is 9.67. The minimum Gasteiger partial charge on any atom is -0.310 e. The molecule has 0 unspecified atom stereocenters. The first-order chi connectivity index (χ1) is 31.5. The molecule has 0 spiro atoms. The first-order valence-electron chi connectivity index (χ1n) is 22.3. The van der Waals surface area contributed by atoms with E-state index in [1.54, 1.807) is 0 Å². The highest BCUT2D eigenvalue weighted by atomic mass is 32.1. The summed E-state index contributed by atoms with van der Waals surface area (Å²) < 4.78 is 2.58. The van der Waals surface area contributed by atoms with Crippen LogP contribution in [0.5, 0.6) is 0 Å². The van der Waals surface area contributed by atoms with E-state index in [1.165, 1.54) is 97.7 Å². The number of fused-ring (bicyclic) bond motifs is 10. The van der Waals surface area contributed by atoms with Crippen molar-refractivity contribution in [1.29, 1.82) is 0 Å². The van der Waals surface area contributed by atoms with Crippen molar-refractivity contribution in [1.82, 2.24) is 0 Å². The van der Waals surface area contributed by atoms with E-state index in [2.05, 4.69) is 243 Å². The Bertz CT molecular complexity index is 3610. The molecule has 0 bridgehead atoms. The van der Waals surface area contributed by atoms with Gasteiger partial charge in [-0.05, 0) is 121 Å². The Morgan fingerprint density at radius 3 is 1.69 bits per heavy atom. The van der Waals surface area contributed by atoms with Gasteiger partial charge < -0.3 is 4.90 Å². The second-order valence-electron chi connectivity index (χ2n) is 18.0. The number of benzene rings is 10. The first kappa shape index (κ1) is 37.1. The molecule has 0 N–H and O–H groups in total. The Hall–Kier alpha value is -7.52. The van der Waals surface area contributed by atoms with Gasteiger partial charge in [-0.2, -0.15) is 0 Å². The van der Waals surface area contributed by atoms with Crippen LogP contribution >= 0.6 is 11.3 Å². The van der Waals surface area contributed by atoms with Gasteiger partial charge in [-0.25, -0.2) is 0 Å². The summed E-state index contributed by atoms with van der Waals surface area (Å²) in [6, 6.07) is 84.3. The smallest absolute Gasteiger partial charge is 0.0714 e. The van der Waals surface area contributed by atoms with Crippen molar-refractivity contribution in [3.63, 3.8) is 0 Å². The predicted octanol–water partition coefficient (Wildman–Crippen LogP) is 17.0. The molecule has 2 aliphatic rings. The molecular weight excluding hydrogens is 791 g/mol. The molecule has 2 heteroatoms. The fraction of sp³-hybridized carbons (Fsp3) is 0.0645. The maximum absolute atomic E-state index is 2.57. The molecule has 1 heterocycles.